The van der Waals surface area contributed by atoms with Crippen molar-refractivity contribution in [2.45, 2.75) is 20.8 Å². The molecule has 1 aromatic heterocycles. The van der Waals surface area contributed by atoms with Crippen LogP contribution in [0.3, 0.4) is 0 Å². The van der Waals surface area contributed by atoms with E-state index in [4.69, 9.17) is 15.2 Å². The van der Waals surface area contributed by atoms with Crippen molar-refractivity contribution in [3.63, 3.8) is 0 Å². The number of H-pyrrole nitrogens is 1. The number of amides is 1. The number of benzene rings is 1. The minimum absolute atomic E-state index is 0.159. The molecule has 24 heavy (non-hydrogen) atoms. The Morgan fingerprint density at radius 1 is 1.08 bits per heavy atom. The molecular weight excluding hydrogens is 306 g/mol. The van der Waals surface area contributed by atoms with Crippen LogP contribution in [0.15, 0.2) is 41.7 Å². The van der Waals surface area contributed by atoms with Crippen molar-refractivity contribution in [3.8, 4) is 11.5 Å². The predicted octanol–water partition coefficient (Wildman–Crippen LogP) is 2.15. The van der Waals surface area contributed by atoms with E-state index in [0.717, 1.165) is 5.56 Å². The highest BCUT2D eigenvalue weighted by Gasteiger charge is 2.12. The van der Waals surface area contributed by atoms with E-state index in [0.29, 0.717) is 35.8 Å². The van der Waals surface area contributed by atoms with Crippen LogP contribution in [0.25, 0.3) is 0 Å². The Hall–Kier alpha value is -2.89. The Labute approximate surface area is 141 Å². The predicted molar refractivity (Wildman–Crippen MR) is 91.6 cm³/mol. The maximum atomic E-state index is 12.4. The first-order chi connectivity index (χ1) is 11.5. The Morgan fingerprint density at radius 2 is 1.79 bits per heavy atom. The van der Waals surface area contributed by atoms with Crippen LogP contribution in [-0.4, -0.2) is 25.0 Å². The van der Waals surface area contributed by atoms with Gasteiger partial charge in [0.2, 0.25) is 0 Å². The lowest BCUT2D eigenvalue weighted by molar-refractivity contribution is -0.378. The quantitative estimate of drug-likeness (QED) is 0.650. The first-order valence-corrected chi connectivity index (χ1v) is 7.81. The van der Waals surface area contributed by atoms with Crippen molar-refractivity contribution in [1.29, 1.82) is 0 Å². The summed E-state index contributed by atoms with van der Waals surface area (Å²) >= 11 is 0. The summed E-state index contributed by atoms with van der Waals surface area (Å²) in [5, 5.41) is 0. The van der Waals surface area contributed by atoms with Crippen molar-refractivity contribution in [2.75, 3.05) is 13.2 Å². The molecule has 0 saturated carbocycles. The minimum Gasteiger partial charge on any atom is -0.490 e. The largest absolute Gasteiger partial charge is 0.490 e. The van der Waals surface area contributed by atoms with E-state index in [1.807, 2.05) is 33.0 Å². The minimum atomic E-state index is -0.432. The normalized spacial score (nSPS) is 11.2. The van der Waals surface area contributed by atoms with Crippen LogP contribution in [-0.2, 0) is 0 Å². The van der Waals surface area contributed by atoms with Gasteiger partial charge in [-0.25, -0.2) is 4.98 Å². The number of carbonyl (C=O) groups is 1. The summed E-state index contributed by atoms with van der Waals surface area (Å²) in [6.45, 7) is 6.67. The lowest BCUT2D eigenvalue weighted by Gasteiger charge is -2.11. The lowest BCUT2D eigenvalue weighted by Crippen LogP contribution is -2.19. The van der Waals surface area contributed by atoms with Gasteiger partial charge in [-0.3, -0.25) is 4.79 Å². The second kappa shape index (κ2) is 8.10. The first-order valence-electron chi connectivity index (χ1n) is 7.81. The number of hydrogen-bond acceptors (Lipinski definition) is 3. The molecule has 3 N–H and O–H groups in total. The van der Waals surface area contributed by atoms with Gasteiger partial charge in [-0.05, 0) is 45.0 Å². The van der Waals surface area contributed by atoms with E-state index >= 15 is 0 Å². The van der Waals surface area contributed by atoms with E-state index in [2.05, 4.69) is 9.98 Å². The molecule has 0 radical (unpaired) electrons. The van der Waals surface area contributed by atoms with Crippen molar-refractivity contribution in [3.05, 3.63) is 53.3 Å². The van der Waals surface area contributed by atoms with Crippen LogP contribution in [0.5, 0.6) is 11.5 Å². The van der Waals surface area contributed by atoms with Crippen molar-refractivity contribution in [2.24, 2.45) is 10.7 Å². The number of pyridine rings is 1. The Bertz CT molecular complexity index is 757. The fourth-order valence-corrected chi connectivity index (χ4v) is 2.16. The second-order valence-electron chi connectivity index (χ2n) is 5.13. The number of aliphatic imine (C=N–C) groups is 1. The molecule has 1 heterocycles. The fourth-order valence-electron chi connectivity index (χ4n) is 2.16. The van der Waals surface area contributed by atoms with Crippen LogP contribution < -0.4 is 20.2 Å². The number of aromatic amines is 1. The van der Waals surface area contributed by atoms with Crippen LogP contribution >= 0.6 is 0 Å². The number of nitrogens with two attached hydrogens (primary N) is 1. The van der Waals surface area contributed by atoms with Crippen molar-refractivity contribution >= 4 is 11.7 Å². The molecule has 0 fully saturated rings. The molecule has 0 unspecified atom stereocenters. The van der Waals surface area contributed by atoms with E-state index in [1.54, 1.807) is 24.4 Å². The zero-order chi connectivity index (χ0) is 17.5. The number of carbonyl (C=O) groups excluding carboxylic acids is 1. The van der Waals surface area contributed by atoms with Crippen LogP contribution in [0.1, 0.15) is 35.3 Å². The van der Waals surface area contributed by atoms with Gasteiger partial charge in [0, 0.05) is 11.1 Å². The average molecular weight is 328 g/mol. The fraction of sp³-hybridized carbons (Fsp3) is 0.278. The summed E-state index contributed by atoms with van der Waals surface area (Å²) in [4.78, 5) is 19.3. The van der Waals surface area contributed by atoms with E-state index < -0.39 is 5.91 Å². The highest BCUT2D eigenvalue weighted by Crippen LogP contribution is 2.28. The molecule has 2 rings (SSSR count). The standard InChI is InChI=1S/C18H21N3O3/c1-4-23-15-7-6-13(9-16(15)24-5-2)18(22)21-17(19)14-8-12(3)10-20-11-14/h6-11H,4-5H2,1-3H3,(H2,19,21,22)/p+1. The number of rotatable bonds is 6. The highest BCUT2D eigenvalue weighted by atomic mass is 16.5. The number of aromatic nitrogens is 1. The molecule has 6 heteroatoms. The third-order valence-electron chi connectivity index (χ3n) is 3.24. The number of hydrogen-bond donors (Lipinski definition) is 1. The summed E-state index contributed by atoms with van der Waals surface area (Å²) in [7, 11) is 0. The first kappa shape index (κ1) is 17.5. The summed E-state index contributed by atoms with van der Waals surface area (Å²) in [5.41, 5.74) is 7.98. The molecule has 0 saturated heterocycles. The van der Waals surface area contributed by atoms with E-state index in [1.165, 1.54) is 0 Å². The maximum absolute atomic E-state index is 12.4. The molecule has 0 aliphatic heterocycles. The third kappa shape index (κ3) is 4.32. The summed E-state index contributed by atoms with van der Waals surface area (Å²) in [5.74, 6) is 0.841. The maximum Gasteiger partial charge on any atom is 0.279 e. The zero-order valence-corrected chi connectivity index (χ0v) is 14.1. The molecule has 0 aliphatic rings. The van der Waals surface area contributed by atoms with Crippen molar-refractivity contribution in [1.82, 2.24) is 0 Å². The lowest BCUT2D eigenvalue weighted by atomic mass is 10.1. The summed E-state index contributed by atoms with van der Waals surface area (Å²) in [6, 6.07) is 6.82. The second-order valence-corrected chi connectivity index (χ2v) is 5.13. The highest BCUT2D eigenvalue weighted by molar-refractivity contribution is 6.08. The van der Waals surface area contributed by atoms with Gasteiger partial charge in [-0.15, -0.1) is 0 Å². The number of amidine groups is 1. The van der Waals surface area contributed by atoms with Gasteiger partial charge in [0.25, 0.3) is 5.91 Å². The van der Waals surface area contributed by atoms with E-state index in [-0.39, 0.29) is 5.84 Å². The number of nitrogens with one attached hydrogen (secondary N) is 1. The smallest absolute Gasteiger partial charge is 0.279 e. The molecule has 1 aromatic carbocycles. The van der Waals surface area contributed by atoms with Crippen LogP contribution in [0, 0.1) is 6.92 Å². The molecule has 0 aliphatic carbocycles. The Balaban J connectivity index is 2.28. The molecule has 0 spiro atoms. The topological polar surface area (TPSA) is 88.0 Å². The summed E-state index contributed by atoms with van der Waals surface area (Å²) < 4.78 is 11.0. The number of ether oxygens (including phenoxy) is 2. The molecule has 0 atom stereocenters. The van der Waals surface area contributed by atoms with Gasteiger partial charge in [-0.2, -0.15) is 4.99 Å². The van der Waals surface area contributed by atoms with Crippen LogP contribution in [0.4, 0.5) is 0 Å². The van der Waals surface area contributed by atoms with Crippen molar-refractivity contribution < 1.29 is 19.3 Å². The molecular formula is C18H22N3O3+. The summed E-state index contributed by atoms with van der Waals surface area (Å²) in [6.07, 6.45) is 3.53. The van der Waals surface area contributed by atoms with E-state index in [9.17, 15) is 4.79 Å². The van der Waals surface area contributed by atoms with Gasteiger partial charge < -0.3 is 15.2 Å². The van der Waals surface area contributed by atoms with Gasteiger partial charge in [0.15, 0.2) is 23.9 Å². The average Bonchev–Trinajstić information content (AvgIpc) is 2.56. The molecule has 0 bridgehead atoms. The Morgan fingerprint density at radius 3 is 2.46 bits per heavy atom. The SMILES string of the molecule is CCOc1ccc(C(=O)N=C(N)c2c[nH+]cc(C)c2)cc1OCC. The Kier molecular flexibility index (Phi) is 5.89. The molecule has 126 valence electrons. The molecule has 1 amide bonds. The monoisotopic (exact) mass is 328 g/mol. The van der Waals surface area contributed by atoms with Gasteiger partial charge in [0.05, 0.1) is 18.8 Å². The van der Waals surface area contributed by atoms with Gasteiger partial charge in [-0.1, -0.05) is 0 Å². The van der Waals surface area contributed by atoms with Gasteiger partial charge in [0.1, 0.15) is 5.84 Å². The third-order valence-corrected chi connectivity index (χ3v) is 3.24. The zero-order valence-electron chi connectivity index (χ0n) is 14.1. The number of aryl methyl sites for hydroxylation is 1. The number of nitrogens with zero attached hydrogens (tertiary/aromatic N) is 1. The molecule has 6 nitrogen and oxygen atoms in total. The van der Waals surface area contributed by atoms with Gasteiger partial charge >= 0.3 is 0 Å². The molecule has 2 aromatic rings. The van der Waals surface area contributed by atoms with Crippen LogP contribution in [0.2, 0.25) is 0 Å².